The van der Waals surface area contributed by atoms with Gasteiger partial charge in [0.05, 0.1) is 16.8 Å². The Morgan fingerprint density at radius 3 is 2.51 bits per heavy atom. The van der Waals surface area contributed by atoms with Crippen LogP contribution in [0.4, 0.5) is 0 Å². The van der Waals surface area contributed by atoms with Gasteiger partial charge in [-0.25, -0.2) is 19.6 Å². The molecule has 1 aliphatic rings. The Morgan fingerprint density at radius 1 is 1.11 bits per heavy atom. The SMILES string of the molecule is Cn1c(/C=C2\CC(C(C)(C)C)Cc3c2nc2ccccc2c3C(=O)O)nc2c1c(=O)[nH]c(=O)n2C. The lowest BCUT2D eigenvalue weighted by atomic mass is 9.69. The van der Waals surface area contributed by atoms with E-state index in [0.29, 0.717) is 40.8 Å². The lowest BCUT2D eigenvalue weighted by Gasteiger charge is -2.36. The average Bonchev–Trinajstić information content (AvgIpc) is 3.11. The van der Waals surface area contributed by atoms with Crippen molar-refractivity contribution in [1.82, 2.24) is 24.1 Å². The summed E-state index contributed by atoms with van der Waals surface area (Å²) in [5, 5.41) is 10.8. The lowest BCUT2D eigenvalue weighted by molar-refractivity contribution is 0.0696. The number of aromatic carboxylic acids is 1. The summed E-state index contributed by atoms with van der Waals surface area (Å²) >= 11 is 0. The highest BCUT2D eigenvalue weighted by Crippen LogP contribution is 2.44. The van der Waals surface area contributed by atoms with Crippen LogP contribution in [0.15, 0.2) is 33.9 Å². The minimum absolute atomic E-state index is 0.0778. The van der Waals surface area contributed by atoms with E-state index in [2.05, 4.69) is 30.7 Å². The van der Waals surface area contributed by atoms with Crippen molar-refractivity contribution in [2.75, 3.05) is 0 Å². The fraction of sp³-hybridized carbons (Fsp3) is 0.346. The number of carbonyl (C=O) groups is 1. The number of aryl methyl sites for hydroxylation is 2. The molecule has 4 aromatic rings. The number of nitrogens with one attached hydrogen (secondary N) is 1. The summed E-state index contributed by atoms with van der Waals surface area (Å²) in [4.78, 5) is 48.8. The first-order valence-electron chi connectivity index (χ1n) is 11.5. The molecule has 180 valence electrons. The zero-order chi connectivity index (χ0) is 25.2. The molecular weight excluding hydrogens is 446 g/mol. The molecule has 0 saturated heterocycles. The van der Waals surface area contributed by atoms with Gasteiger partial charge in [-0.1, -0.05) is 39.0 Å². The van der Waals surface area contributed by atoms with Crippen molar-refractivity contribution in [2.24, 2.45) is 25.4 Å². The number of para-hydroxylation sites is 1. The predicted molar refractivity (Wildman–Crippen MR) is 134 cm³/mol. The zero-order valence-corrected chi connectivity index (χ0v) is 20.3. The Labute approximate surface area is 200 Å². The summed E-state index contributed by atoms with van der Waals surface area (Å²) in [5.41, 5.74) is 2.60. The van der Waals surface area contributed by atoms with Crippen LogP contribution in [0.25, 0.3) is 33.7 Å². The number of carboxylic acids is 1. The number of imidazole rings is 1. The van der Waals surface area contributed by atoms with Crippen molar-refractivity contribution in [3.8, 4) is 0 Å². The summed E-state index contributed by atoms with van der Waals surface area (Å²) < 4.78 is 2.96. The molecule has 0 bridgehead atoms. The maximum atomic E-state index is 12.5. The number of allylic oxidation sites excluding steroid dienone is 1. The van der Waals surface area contributed by atoms with Gasteiger partial charge in [0.1, 0.15) is 5.82 Å². The van der Waals surface area contributed by atoms with E-state index in [1.807, 2.05) is 24.3 Å². The summed E-state index contributed by atoms with van der Waals surface area (Å²) in [6.45, 7) is 6.46. The Morgan fingerprint density at radius 2 is 1.83 bits per heavy atom. The van der Waals surface area contributed by atoms with Crippen LogP contribution < -0.4 is 11.2 Å². The molecule has 1 unspecified atom stereocenters. The van der Waals surface area contributed by atoms with Gasteiger partial charge in [-0.2, -0.15) is 0 Å². The zero-order valence-electron chi connectivity index (χ0n) is 20.3. The Balaban J connectivity index is 1.83. The number of hydrogen-bond acceptors (Lipinski definition) is 5. The van der Waals surface area contributed by atoms with Crippen LogP contribution in [0.1, 0.15) is 54.6 Å². The molecule has 0 fully saturated rings. The summed E-state index contributed by atoms with van der Waals surface area (Å²) in [6.07, 6.45) is 3.15. The number of nitrogens with zero attached hydrogens (tertiary/aromatic N) is 4. The minimum Gasteiger partial charge on any atom is -0.478 e. The highest BCUT2D eigenvalue weighted by molar-refractivity contribution is 6.06. The van der Waals surface area contributed by atoms with E-state index in [1.165, 1.54) is 4.57 Å². The monoisotopic (exact) mass is 473 g/mol. The van der Waals surface area contributed by atoms with E-state index in [1.54, 1.807) is 24.7 Å². The van der Waals surface area contributed by atoms with Crippen LogP contribution >= 0.6 is 0 Å². The van der Waals surface area contributed by atoms with E-state index >= 15 is 0 Å². The second-order valence-electron chi connectivity index (χ2n) is 10.3. The number of carboxylic acid groups (broad SMARTS) is 1. The molecule has 5 rings (SSSR count). The number of benzene rings is 1. The fourth-order valence-electron chi connectivity index (χ4n) is 4.99. The van der Waals surface area contributed by atoms with Gasteiger partial charge in [-0.05, 0) is 47.5 Å². The van der Waals surface area contributed by atoms with Crippen molar-refractivity contribution in [1.29, 1.82) is 0 Å². The third-order valence-corrected chi connectivity index (χ3v) is 7.13. The molecule has 2 N–H and O–H groups in total. The lowest BCUT2D eigenvalue weighted by Crippen LogP contribution is -2.29. The number of fused-ring (bicyclic) bond motifs is 3. The van der Waals surface area contributed by atoms with E-state index in [4.69, 9.17) is 4.98 Å². The number of rotatable bonds is 2. The standard InChI is InChI=1S/C26H27N5O4/c1-26(2,3)14-10-13(11-18-28-22-21(30(18)4)23(32)29-25(35)31(22)5)20-16(12-14)19(24(33)34)15-8-6-7-9-17(15)27-20/h6-9,11,14H,10,12H2,1-5H3,(H,33,34)(H,29,32,35)/b13-11+. The minimum atomic E-state index is -0.974. The molecule has 0 amide bonds. The van der Waals surface area contributed by atoms with E-state index in [-0.39, 0.29) is 22.5 Å². The first-order chi connectivity index (χ1) is 16.5. The highest BCUT2D eigenvalue weighted by Gasteiger charge is 2.35. The van der Waals surface area contributed by atoms with Crippen molar-refractivity contribution < 1.29 is 9.90 Å². The van der Waals surface area contributed by atoms with Gasteiger partial charge < -0.3 is 9.67 Å². The second-order valence-corrected chi connectivity index (χ2v) is 10.3. The number of pyridine rings is 1. The summed E-state index contributed by atoms with van der Waals surface area (Å²) in [6, 6.07) is 7.29. The van der Waals surface area contributed by atoms with E-state index in [0.717, 1.165) is 11.1 Å². The van der Waals surface area contributed by atoms with Crippen molar-refractivity contribution in [3.63, 3.8) is 0 Å². The van der Waals surface area contributed by atoms with Gasteiger partial charge in [-0.15, -0.1) is 0 Å². The van der Waals surface area contributed by atoms with Crippen molar-refractivity contribution >= 4 is 39.7 Å². The molecule has 35 heavy (non-hydrogen) atoms. The Hall–Kier alpha value is -4.01. The van der Waals surface area contributed by atoms with Gasteiger partial charge >= 0.3 is 11.7 Å². The predicted octanol–water partition coefficient (Wildman–Crippen LogP) is 3.36. The molecular formula is C26H27N5O4. The second kappa shape index (κ2) is 7.76. The Kier molecular flexibility index (Phi) is 5.05. The number of hydrogen-bond donors (Lipinski definition) is 2. The Bertz CT molecular complexity index is 1680. The number of H-pyrrole nitrogens is 1. The molecule has 1 atom stereocenters. The maximum Gasteiger partial charge on any atom is 0.336 e. The normalized spacial score (nSPS) is 17.3. The molecule has 9 heteroatoms. The van der Waals surface area contributed by atoms with E-state index in [9.17, 15) is 19.5 Å². The van der Waals surface area contributed by atoms with Crippen molar-refractivity contribution in [3.05, 3.63) is 67.7 Å². The molecule has 1 aromatic carbocycles. The van der Waals surface area contributed by atoms with Crippen LogP contribution in [0, 0.1) is 11.3 Å². The molecule has 0 saturated carbocycles. The fourth-order valence-corrected chi connectivity index (χ4v) is 4.99. The largest absolute Gasteiger partial charge is 0.478 e. The van der Waals surface area contributed by atoms with Crippen LogP contribution in [-0.4, -0.2) is 35.2 Å². The highest BCUT2D eigenvalue weighted by atomic mass is 16.4. The third-order valence-electron chi connectivity index (χ3n) is 7.13. The summed E-state index contributed by atoms with van der Waals surface area (Å²) in [7, 11) is 3.28. The van der Waals surface area contributed by atoms with Crippen LogP contribution in [0.5, 0.6) is 0 Å². The number of aromatic amines is 1. The van der Waals surface area contributed by atoms with Crippen molar-refractivity contribution in [2.45, 2.75) is 33.6 Å². The smallest absolute Gasteiger partial charge is 0.336 e. The molecule has 3 heterocycles. The van der Waals surface area contributed by atoms with Crippen LogP contribution in [0.3, 0.4) is 0 Å². The van der Waals surface area contributed by atoms with Gasteiger partial charge in [0.25, 0.3) is 5.56 Å². The van der Waals surface area contributed by atoms with Crippen LogP contribution in [0.2, 0.25) is 0 Å². The van der Waals surface area contributed by atoms with Gasteiger partial charge in [-0.3, -0.25) is 14.3 Å². The van der Waals surface area contributed by atoms with Gasteiger partial charge in [0.2, 0.25) is 0 Å². The van der Waals surface area contributed by atoms with Gasteiger partial charge in [0, 0.05) is 19.5 Å². The first-order valence-corrected chi connectivity index (χ1v) is 11.5. The quantitative estimate of drug-likeness (QED) is 0.460. The molecule has 9 nitrogen and oxygen atoms in total. The number of aromatic nitrogens is 5. The topological polar surface area (TPSA) is 123 Å². The maximum absolute atomic E-state index is 12.5. The summed E-state index contributed by atoms with van der Waals surface area (Å²) in [5.74, 6) is -0.308. The van der Waals surface area contributed by atoms with E-state index < -0.39 is 17.2 Å². The molecule has 0 radical (unpaired) electrons. The molecule has 0 spiro atoms. The average molecular weight is 474 g/mol. The molecule has 3 aromatic heterocycles. The van der Waals surface area contributed by atoms with Crippen LogP contribution in [-0.2, 0) is 20.5 Å². The van der Waals surface area contributed by atoms with Gasteiger partial charge in [0.15, 0.2) is 11.2 Å². The molecule has 0 aliphatic heterocycles. The first kappa shape index (κ1) is 22.8. The molecule has 1 aliphatic carbocycles. The third kappa shape index (κ3) is 3.58.